The zero-order chi connectivity index (χ0) is 16.5. The molecule has 0 radical (unpaired) electrons. The van der Waals surface area contributed by atoms with Crippen molar-refractivity contribution >= 4 is 24.5 Å². The molecule has 2 rings (SSSR count). The average Bonchev–Trinajstić information content (AvgIpc) is 2.65. The van der Waals surface area contributed by atoms with Crippen LogP contribution in [0, 0.1) is 0 Å². The van der Waals surface area contributed by atoms with Gasteiger partial charge in [0.25, 0.3) is 0 Å². The van der Waals surface area contributed by atoms with E-state index in [1.807, 2.05) is 27.7 Å². The fourth-order valence-electron chi connectivity index (χ4n) is 2.51. The third-order valence-corrected chi connectivity index (χ3v) is 5.05. The van der Waals surface area contributed by atoms with Crippen molar-refractivity contribution in [3.8, 4) is 0 Å². The van der Waals surface area contributed by atoms with E-state index in [-0.39, 0.29) is 29.9 Å². The summed E-state index contributed by atoms with van der Waals surface area (Å²) in [6.07, 6.45) is 1.24. The summed E-state index contributed by atoms with van der Waals surface area (Å²) in [4.78, 5) is 12.5. The van der Waals surface area contributed by atoms with Gasteiger partial charge in [0.2, 0.25) is 0 Å². The van der Waals surface area contributed by atoms with Crippen molar-refractivity contribution in [2.24, 2.45) is 0 Å². The number of hydrogen-bond acceptors (Lipinski definition) is 3. The third-order valence-electron chi connectivity index (χ3n) is 4.79. The normalized spacial score (nSPS) is 20.9. The molecule has 0 spiro atoms. The second-order valence-corrected chi connectivity index (χ2v) is 7.36. The monoisotopic (exact) mass is 322 g/mol. The van der Waals surface area contributed by atoms with Crippen LogP contribution in [0.15, 0.2) is 24.3 Å². The average molecular weight is 323 g/mol. The Labute approximate surface area is 138 Å². The number of hydrogen-bond donors (Lipinski definition) is 0. The number of carbonyl (C=O) groups excluding carboxylic acids is 1. The standard InChI is InChI=1S/C17H24BClO3/c1-6-13(18-21-16(2,3)17(4,5)22-18)11-15(20)12-7-9-14(19)10-8-12/h7-10,13H,6,11H2,1-5H3/t13-/m0/s1. The molecule has 1 aromatic rings. The summed E-state index contributed by atoms with van der Waals surface area (Å²) in [5, 5.41) is 0.634. The Bertz CT molecular complexity index is 523. The Morgan fingerprint density at radius 3 is 2.09 bits per heavy atom. The highest BCUT2D eigenvalue weighted by atomic mass is 35.5. The Morgan fingerprint density at radius 2 is 1.64 bits per heavy atom. The van der Waals surface area contributed by atoms with Crippen LogP contribution in [-0.4, -0.2) is 24.1 Å². The first-order chi connectivity index (χ1) is 10.2. The van der Waals surface area contributed by atoms with E-state index in [2.05, 4.69) is 6.92 Å². The summed E-state index contributed by atoms with van der Waals surface area (Å²) in [7, 11) is -0.341. The molecule has 5 heteroatoms. The number of Topliss-reactive ketones (excluding diaryl/α,β-unsaturated/α-hetero) is 1. The van der Waals surface area contributed by atoms with Crippen LogP contribution in [0.5, 0.6) is 0 Å². The second-order valence-electron chi connectivity index (χ2n) is 6.93. The summed E-state index contributed by atoms with van der Waals surface area (Å²) in [6.45, 7) is 10.2. The lowest BCUT2D eigenvalue weighted by Gasteiger charge is -2.32. The topological polar surface area (TPSA) is 35.5 Å². The van der Waals surface area contributed by atoms with Gasteiger partial charge in [-0.2, -0.15) is 0 Å². The van der Waals surface area contributed by atoms with Crippen molar-refractivity contribution in [1.82, 2.24) is 0 Å². The van der Waals surface area contributed by atoms with Crippen molar-refractivity contribution in [2.45, 2.75) is 64.5 Å². The van der Waals surface area contributed by atoms with Gasteiger partial charge in [0.05, 0.1) is 11.2 Å². The third kappa shape index (κ3) is 3.56. The van der Waals surface area contributed by atoms with Crippen molar-refractivity contribution in [2.75, 3.05) is 0 Å². The van der Waals surface area contributed by atoms with E-state index >= 15 is 0 Å². The van der Waals surface area contributed by atoms with Gasteiger partial charge in [0.15, 0.2) is 5.78 Å². The molecule has 1 heterocycles. The van der Waals surface area contributed by atoms with Crippen molar-refractivity contribution < 1.29 is 14.1 Å². The summed E-state index contributed by atoms with van der Waals surface area (Å²) >= 11 is 5.86. The zero-order valence-electron chi connectivity index (χ0n) is 14.0. The molecule has 0 N–H and O–H groups in total. The van der Waals surface area contributed by atoms with Crippen LogP contribution < -0.4 is 0 Å². The Kier molecular flexibility index (Phi) is 5.05. The summed E-state index contributed by atoms with van der Waals surface area (Å²) in [5.41, 5.74) is -0.0534. The SMILES string of the molecule is CC[C@@H](CC(=O)c1ccc(Cl)cc1)B1OC(C)(C)C(C)(C)O1. The van der Waals surface area contributed by atoms with Gasteiger partial charge in [-0.15, -0.1) is 0 Å². The van der Waals surface area contributed by atoms with Gasteiger partial charge in [-0.1, -0.05) is 24.9 Å². The van der Waals surface area contributed by atoms with Crippen molar-refractivity contribution in [3.05, 3.63) is 34.9 Å². The van der Waals surface area contributed by atoms with Crippen molar-refractivity contribution in [3.63, 3.8) is 0 Å². The van der Waals surface area contributed by atoms with E-state index in [0.29, 0.717) is 17.0 Å². The lowest BCUT2D eigenvalue weighted by atomic mass is 9.67. The van der Waals surface area contributed by atoms with E-state index in [1.54, 1.807) is 24.3 Å². The highest BCUT2D eigenvalue weighted by Gasteiger charge is 2.53. The summed E-state index contributed by atoms with van der Waals surface area (Å²) in [6, 6.07) is 7.01. The van der Waals surface area contributed by atoms with Crippen LogP contribution in [0.4, 0.5) is 0 Å². The van der Waals surface area contributed by atoms with Gasteiger partial charge >= 0.3 is 7.12 Å². The van der Waals surface area contributed by atoms with Crippen LogP contribution in [-0.2, 0) is 9.31 Å². The Morgan fingerprint density at radius 1 is 1.14 bits per heavy atom. The molecule has 1 fully saturated rings. The van der Waals surface area contributed by atoms with E-state index in [9.17, 15) is 4.79 Å². The molecular weight excluding hydrogens is 298 g/mol. The van der Waals surface area contributed by atoms with Crippen LogP contribution >= 0.6 is 11.6 Å². The lowest BCUT2D eigenvalue weighted by Crippen LogP contribution is -2.41. The maximum absolute atomic E-state index is 12.5. The molecule has 0 saturated carbocycles. The predicted octanol–water partition coefficient (Wildman–Crippen LogP) is 4.79. The molecule has 3 nitrogen and oxygen atoms in total. The molecule has 0 aliphatic carbocycles. The van der Waals surface area contributed by atoms with Gasteiger partial charge in [-0.25, -0.2) is 0 Å². The minimum absolute atomic E-state index is 0.0456. The highest BCUT2D eigenvalue weighted by molar-refractivity contribution is 6.48. The van der Waals surface area contributed by atoms with Crippen molar-refractivity contribution in [1.29, 1.82) is 0 Å². The fraction of sp³-hybridized carbons (Fsp3) is 0.588. The van der Waals surface area contributed by atoms with E-state index in [0.717, 1.165) is 6.42 Å². The van der Waals surface area contributed by atoms with Crippen LogP contribution in [0.2, 0.25) is 10.8 Å². The zero-order valence-corrected chi connectivity index (χ0v) is 14.7. The molecule has 22 heavy (non-hydrogen) atoms. The van der Waals surface area contributed by atoms with E-state index in [1.165, 1.54) is 0 Å². The number of rotatable bonds is 5. The summed E-state index contributed by atoms with van der Waals surface area (Å²) < 4.78 is 12.2. The quantitative estimate of drug-likeness (QED) is 0.578. The van der Waals surface area contributed by atoms with Gasteiger partial charge < -0.3 is 9.31 Å². The first-order valence-corrected chi connectivity index (χ1v) is 8.18. The molecule has 120 valence electrons. The maximum Gasteiger partial charge on any atom is 0.461 e. The number of benzene rings is 1. The number of halogens is 1. The van der Waals surface area contributed by atoms with Crippen LogP contribution in [0.3, 0.4) is 0 Å². The molecule has 1 saturated heterocycles. The highest BCUT2D eigenvalue weighted by Crippen LogP contribution is 2.41. The minimum Gasteiger partial charge on any atom is -0.403 e. The largest absolute Gasteiger partial charge is 0.461 e. The van der Waals surface area contributed by atoms with E-state index < -0.39 is 0 Å². The van der Waals surface area contributed by atoms with E-state index in [4.69, 9.17) is 20.9 Å². The number of ketones is 1. The minimum atomic E-state index is -0.367. The molecule has 0 amide bonds. The van der Waals surface area contributed by atoms with Gasteiger partial charge in [0, 0.05) is 22.8 Å². The second kappa shape index (κ2) is 6.35. The first kappa shape index (κ1) is 17.5. The molecule has 0 aromatic heterocycles. The molecule has 1 atom stereocenters. The van der Waals surface area contributed by atoms with Gasteiger partial charge in [-0.05, 0) is 52.0 Å². The number of carbonyl (C=O) groups is 1. The van der Waals surface area contributed by atoms with Crippen LogP contribution in [0.1, 0.15) is 57.8 Å². The Hall–Kier alpha value is -0.835. The predicted molar refractivity (Wildman–Crippen MR) is 90.5 cm³/mol. The smallest absolute Gasteiger partial charge is 0.403 e. The van der Waals surface area contributed by atoms with Gasteiger partial charge in [0.1, 0.15) is 0 Å². The molecule has 1 aromatic carbocycles. The maximum atomic E-state index is 12.5. The molecule has 1 aliphatic rings. The lowest BCUT2D eigenvalue weighted by molar-refractivity contribution is 0.00578. The van der Waals surface area contributed by atoms with Crippen LogP contribution in [0.25, 0.3) is 0 Å². The molecular formula is C17H24BClO3. The summed E-state index contributed by atoms with van der Waals surface area (Å²) in [5.74, 6) is 0.141. The van der Waals surface area contributed by atoms with Gasteiger partial charge in [-0.3, -0.25) is 4.79 Å². The molecule has 0 unspecified atom stereocenters. The molecule has 0 bridgehead atoms. The Balaban J connectivity index is 2.07. The fourth-order valence-corrected chi connectivity index (χ4v) is 2.63. The first-order valence-electron chi connectivity index (χ1n) is 7.80. The molecule has 1 aliphatic heterocycles.